The number of carbonyl (C=O) groups is 1. The van der Waals surface area contributed by atoms with Crippen molar-refractivity contribution < 1.29 is 4.79 Å². The van der Waals surface area contributed by atoms with Crippen molar-refractivity contribution in [2.75, 3.05) is 45.8 Å². The van der Waals surface area contributed by atoms with Gasteiger partial charge in [0.1, 0.15) is 0 Å². The lowest BCUT2D eigenvalue weighted by Gasteiger charge is -2.33. The number of nitrogens with one attached hydrogen (secondary N) is 1. The summed E-state index contributed by atoms with van der Waals surface area (Å²) in [7, 11) is 0. The Labute approximate surface area is 118 Å². The summed E-state index contributed by atoms with van der Waals surface area (Å²) in [5, 5.41) is 2.97. The van der Waals surface area contributed by atoms with Gasteiger partial charge < -0.3 is 15.1 Å². The highest BCUT2D eigenvalue weighted by molar-refractivity contribution is 5.77. The third-order valence-electron chi connectivity index (χ3n) is 3.89. The largest absolute Gasteiger partial charge is 0.356 e. The topological polar surface area (TPSA) is 35.6 Å². The average Bonchev–Trinajstić information content (AvgIpc) is 2.42. The quantitative estimate of drug-likeness (QED) is 0.679. The predicted octanol–water partition coefficient (Wildman–Crippen LogP) is 1.57. The highest BCUT2D eigenvalue weighted by Crippen LogP contribution is 2.04. The Morgan fingerprint density at radius 1 is 1.05 bits per heavy atom. The SMILES string of the molecule is CCN1CCN(CCCCCNC(=O)C(C)C)CC1. The van der Waals surface area contributed by atoms with Crippen LogP contribution in [0.4, 0.5) is 0 Å². The number of nitrogens with zero attached hydrogens (tertiary/aromatic N) is 2. The molecule has 1 amide bonds. The van der Waals surface area contributed by atoms with E-state index >= 15 is 0 Å². The molecule has 0 atom stereocenters. The van der Waals surface area contributed by atoms with Crippen LogP contribution in [0.25, 0.3) is 0 Å². The zero-order valence-electron chi connectivity index (χ0n) is 13.0. The summed E-state index contributed by atoms with van der Waals surface area (Å²) in [5.41, 5.74) is 0. The molecule has 1 rings (SSSR count). The molecule has 0 aliphatic carbocycles. The first kappa shape index (κ1) is 16.4. The van der Waals surface area contributed by atoms with Gasteiger partial charge in [-0.05, 0) is 25.9 Å². The molecule has 0 saturated carbocycles. The molecule has 0 radical (unpaired) electrons. The van der Waals surface area contributed by atoms with E-state index in [-0.39, 0.29) is 11.8 Å². The summed E-state index contributed by atoms with van der Waals surface area (Å²) in [4.78, 5) is 16.4. The van der Waals surface area contributed by atoms with Gasteiger partial charge in [-0.2, -0.15) is 0 Å². The minimum absolute atomic E-state index is 0.106. The zero-order chi connectivity index (χ0) is 14.1. The monoisotopic (exact) mass is 269 g/mol. The molecule has 0 aromatic rings. The van der Waals surface area contributed by atoms with Crippen molar-refractivity contribution in [3.8, 4) is 0 Å². The number of hydrogen-bond acceptors (Lipinski definition) is 3. The van der Waals surface area contributed by atoms with E-state index in [0.29, 0.717) is 0 Å². The fourth-order valence-corrected chi connectivity index (χ4v) is 2.38. The fraction of sp³-hybridized carbons (Fsp3) is 0.933. The van der Waals surface area contributed by atoms with Gasteiger partial charge in [0.15, 0.2) is 0 Å². The second-order valence-corrected chi connectivity index (χ2v) is 5.78. The molecule has 19 heavy (non-hydrogen) atoms. The number of rotatable bonds is 8. The first-order chi connectivity index (χ1) is 9.13. The van der Waals surface area contributed by atoms with Crippen LogP contribution in [0.1, 0.15) is 40.0 Å². The second-order valence-electron chi connectivity index (χ2n) is 5.78. The van der Waals surface area contributed by atoms with Crippen LogP contribution in [0, 0.1) is 5.92 Å². The van der Waals surface area contributed by atoms with Crippen LogP contribution in [-0.4, -0.2) is 61.5 Å². The average molecular weight is 269 g/mol. The molecule has 0 unspecified atom stereocenters. The molecule has 112 valence electrons. The predicted molar refractivity (Wildman–Crippen MR) is 80.3 cm³/mol. The molecular formula is C15H31N3O. The highest BCUT2D eigenvalue weighted by atomic mass is 16.1. The van der Waals surface area contributed by atoms with Gasteiger partial charge in [0, 0.05) is 38.6 Å². The van der Waals surface area contributed by atoms with E-state index < -0.39 is 0 Å². The summed E-state index contributed by atoms with van der Waals surface area (Å²) in [6, 6.07) is 0. The van der Waals surface area contributed by atoms with E-state index in [0.717, 1.165) is 13.0 Å². The maximum Gasteiger partial charge on any atom is 0.222 e. The summed E-state index contributed by atoms with van der Waals surface area (Å²) in [6.07, 6.45) is 3.57. The highest BCUT2D eigenvalue weighted by Gasteiger charge is 2.14. The Morgan fingerprint density at radius 3 is 2.26 bits per heavy atom. The van der Waals surface area contributed by atoms with Crippen LogP contribution in [0.2, 0.25) is 0 Å². The van der Waals surface area contributed by atoms with Crippen molar-refractivity contribution >= 4 is 5.91 Å². The first-order valence-corrected chi connectivity index (χ1v) is 7.86. The molecule has 0 bridgehead atoms. The summed E-state index contributed by atoms with van der Waals surface area (Å²) in [6.45, 7) is 14.2. The standard InChI is InChI=1S/C15H31N3O/c1-4-17-10-12-18(13-11-17)9-7-5-6-8-16-15(19)14(2)3/h14H,4-13H2,1-3H3,(H,16,19). The van der Waals surface area contributed by atoms with Crippen molar-refractivity contribution in [3.63, 3.8) is 0 Å². The van der Waals surface area contributed by atoms with Crippen molar-refractivity contribution in [1.29, 1.82) is 0 Å². The normalized spacial score (nSPS) is 17.9. The van der Waals surface area contributed by atoms with Crippen LogP contribution >= 0.6 is 0 Å². The molecule has 4 heteroatoms. The van der Waals surface area contributed by atoms with Crippen LogP contribution < -0.4 is 5.32 Å². The molecule has 0 aromatic carbocycles. The third kappa shape index (κ3) is 6.92. The molecule has 1 saturated heterocycles. The molecule has 0 aromatic heterocycles. The Kier molecular flexibility index (Phi) is 8.07. The summed E-state index contributed by atoms with van der Waals surface area (Å²) >= 11 is 0. The van der Waals surface area contributed by atoms with E-state index in [1.165, 1.54) is 52.1 Å². The van der Waals surface area contributed by atoms with E-state index in [4.69, 9.17) is 0 Å². The smallest absolute Gasteiger partial charge is 0.222 e. The Hall–Kier alpha value is -0.610. The molecule has 0 spiro atoms. The second kappa shape index (κ2) is 9.32. The van der Waals surface area contributed by atoms with Crippen LogP contribution in [0.5, 0.6) is 0 Å². The van der Waals surface area contributed by atoms with Crippen LogP contribution in [-0.2, 0) is 4.79 Å². The van der Waals surface area contributed by atoms with Gasteiger partial charge in [-0.1, -0.05) is 27.2 Å². The molecular weight excluding hydrogens is 238 g/mol. The lowest BCUT2D eigenvalue weighted by molar-refractivity contribution is -0.123. The lowest BCUT2D eigenvalue weighted by atomic mass is 10.2. The Bertz CT molecular complexity index is 248. The summed E-state index contributed by atoms with van der Waals surface area (Å²) < 4.78 is 0. The molecule has 1 N–H and O–H groups in total. The van der Waals surface area contributed by atoms with Crippen LogP contribution in [0.3, 0.4) is 0 Å². The van der Waals surface area contributed by atoms with Gasteiger partial charge in [-0.3, -0.25) is 4.79 Å². The number of likely N-dealkylation sites (N-methyl/N-ethyl adjacent to an activating group) is 1. The third-order valence-corrected chi connectivity index (χ3v) is 3.89. The van der Waals surface area contributed by atoms with E-state index in [9.17, 15) is 4.79 Å². The van der Waals surface area contributed by atoms with Crippen LogP contribution in [0.15, 0.2) is 0 Å². The molecule has 1 aliphatic rings. The van der Waals surface area contributed by atoms with Crippen molar-refractivity contribution in [3.05, 3.63) is 0 Å². The minimum atomic E-state index is 0.106. The van der Waals surface area contributed by atoms with Gasteiger partial charge in [0.05, 0.1) is 0 Å². The fourth-order valence-electron chi connectivity index (χ4n) is 2.38. The number of carbonyl (C=O) groups excluding carboxylic acids is 1. The van der Waals surface area contributed by atoms with Crippen molar-refractivity contribution in [2.24, 2.45) is 5.92 Å². The van der Waals surface area contributed by atoms with E-state index in [1.807, 2.05) is 13.8 Å². The molecule has 1 aliphatic heterocycles. The Balaban J connectivity index is 1.93. The first-order valence-electron chi connectivity index (χ1n) is 7.86. The summed E-state index contributed by atoms with van der Waals surface area (Å²) in [5.74, 6) is 0.283. The molecule has 1 fully saturated rings. The molecule has 4 nitrogen and oxygen atoms in total. The zero-order valence-corrected chi connectivity index (χ0v) is 13.0. The number of piperazine rings is 1. The van der Waals surface area contributed by atoms with Crippen molar-refractivity contribution in [2.45, 2.75) is 40.0 Å². The van der Waals surface area contributed by atoms with Gasteiger partial charge in [0.2, 0.25) is 5.91 Å². The van der Waals surface area contributed by atoms with E-state index in [2.05, 4.69) is 22.0 Å². The number of unbranched alkanes of at least 4 members (excludes halogenated alkanes) is 2. The van der Waals surface area contributed by atoms with Gasteiger partial charge in [-0.15, -0.1) is 0 Å². The maximum absolute atomic E-state index is 11.4. The number of amides is 1. The lowest BCUT2D eigenvalue weighted by Crippen LogP contribution is -2.46. The van der Waals surface area contributed by atoms with E-state index in [1.54, 1.807) is 0 Å². The minimum Gasteiger partial charge on any atom is -0.356 e. The number of hydrogen-bond donors (Lipinski definition) is 1. The molecule has 1 heterocycles. The van der Waals surface area contributed by atoms with Gasteiger partial charge >= 0.3 is 0 Å². The van der Waals surface area contributed by atoms with Gasteiger partial charge in [0.25, 0.3) is 0 Å². The van der Waals surface area contributed by atoms with Gasteiger partial charge in [-0.25, -0.2) is 0 Å². The Morgan fingerprint density at radius 2 is 1.68 bits per heavy atom. The maximum atomic E-state index is 11.4. The van der Waals surface area contributed by atoms with Crippen molar-refractivity contribution in [1.82, 2.24) is 15.1 Å².